The maximum atomic E-state index is 12.1. The predicted molar refractivity (Wildman–Crippen MR) is 135 cm³/mol. The van der Waals surface area contributed by atoms with Gasteiger partial charge in [-0.05, 0) is 44.0 Å². The molecule has 0 saturated carbocycles. The van der Waals surface area contributed by atoms with Gasteiger partial charge in [0.1, 0.15) is 5.65 Å². The fraction of sp³-hybridized carbons (Fsp3) is 0.385. The highest BCUT2D eigenvalue weighted by molar-refractivity contribution is 5.87. The molecule has 178 valence electrons. The van der Waals surface area contributed by atoms with Crippen LogP contribution in [0.1, 0.15) is 37.9 Å². The van der Waals surface area contributed by atoms with Crippen LogP contribution in [0.5, 0.6) is 0 Å². The first-order valence-electron chi connectivity index (χ1n) is 11.8. The highest BCUT2D eigenvalue weighted by Gasteiger charge is 2.25. The molecule has 8 nitrogen and oxygen atoms in total. The molecular weight excluding hydrogens is 428 g/mol. The van der Waals surface area contributed by atoms with Gasteiger partial charge in [0.15, 0.2) is 0 Å². The molecule has 0 radical (unpaired) electrons. The molecule has 0 bridgehead atoms. The van der Waals surface area contributed by atoms with E-state index in [1.807, 2.05) is 11.8 Å². The molecule has 34 heavy (non-hydrogen) atoms. The SMILES string of the molecule is C=CC(=O)N1CCN(Cc2ccc([C@H](C)Nc3ncc4ccc(=O)n(CC)c4n3)cc2)C[C@@H]1C. The van der Waals surface area contributed by atoms with Crippen LogP contribution in [-0.4, -0.2) is 55.9 Å². The fourth-order valence-corrected chi connectivity index (χ4v) is 4.51. The number of fused-ring (bicyclic) bond motifs is 1. The van der Waals surface area contributed by atoms with Crippen LogP contribution in [0.25, 0.3) is 11.0 Å². The number of pyridine rings is 1. The Morgan fingerprint density at radius 3 is 2.68 bits per heavy atom. The van der Waals surface area contributed by atoms with Crippen LogP contribution in [0.3, 0.4) is 0 Å². The average Bonchev–Trinajstić information content (AvgIpc) is 2.84. The van der Waals surface area contributed by atoms with Gasteiger partial charge >= 0.3 is 0 Å². The van der Waals surface area contributed by atoms with Gasteiger partial charge in [0.25, 0.3) is 5.56 Å². The zero-order valence-corrected chi connectivity index (χ0v) is 20.1. The lowest BCUT2D eigenvalue weighted by Gasteiger charge is -2.39. The molecule has 8 heteroatoms. The lowest BCUT2D eigenvalue weighted by Crippen LogP contribution is -2.53. The van der Waals surface area contributed by atoms with Crippen molar-refractivity contribution in [1.29, 1.82) is 0 Å². The van der Waals surface area contributed by atoms with Gasteiger partial charge < -0.3 is 10.2 Å². The van der Waals surface area contributed by atoms with Crippen LogP contribution in [0.2, 0.25) is 0 Å². The monoisotopic (exact) mass is 460 g/mol. The number of hydrogen-bond acceptors (Lipinski definition) is 6. The average molecular weight is 461 g/mol. The smallest absolute Gasteiger partial charge is 0.252 e. The molecule has 1 aromatic carbocycles. The number of nitrogens with zero attached hydrogens (tertiary/aromatic N) is 5. The summed E-state index contributed by atoms with van der Waals surface area (Å²) in [6.07, 6.45) is 3.14. The number of aryl methyl sites for hydroxylation is 1. The number of hydrogen-bond donors (Lipinski definition) is 1. The maximum absolute atomic E-state index is 12.1. The van der Waals surface area contributed by atoms with E-state index in [1.54, 1.807) is 22.9 Å². The van der Waals surface area contributed by atoms with Crippen LogP contribution in [-0.2, 0) is 17.9 Å². The Morgan fingerprint density at radius 1 is 1.24 bits per heavy atom. The quantitative estimate of drug-likeness (QED) is 0.545. The highest BCUT2D eigenvalue weighted by Crippen LogP contribution is 2.20. The number of carbonyl (C=O) groups excluding carboxylic acids is 1. The topological polar surface area (TPSA) is 83.4 Å². The summed E-state index contributed by atoms with van der Waals surface area (Å²) in [7, 11) is 0. The molecule has 1 fully saturated rings. The summed E-state index contributed by atoms with van der Waals surface area (Å²) in [5.41, 5.74) is 2.94. The van der Waals surface area contributed by atoms with E-state index in [9.17, 15) is 9.59 Å². The van der Waals surface area contributed by atoms with Crippen molar-refractivity contribution in [2.75, 3.05) is 25.0 Å². The summed E-state index contributed by atoms with van der Waals surface area (Å²) in [4.78, 5) is 37.4. The van der Waals surface area contributed by atoms with Crippen LogP contribution in [0, 0.1) is 0 Å². The van der Waals surface area contributed by atoms with E-state index < -0.39 is 0 Å². The lowest BCUT2D eigenvalue weighted by atomic mass is 10.1. The van der Waals surface area contributed by atoms with E-state index in [0.717, 1.165) is 37.1 Å². The van der Waals surface area contributed by atoms with Gasteiger partial charge in [-0.1, -0.05) is 30.8 Å². The molecule has 2 aromatic heterocycles. The van der Waals surface area contributed by atoms with E-state index in [-0.39, 0.29) is 23.6 Å². The van der Waals surface area contributed by atoms with Crippen molar-refractivity contribution in [3.63, 3.8) is 0 Å². The molecule has 4 rings (SSSR count). The summed E-state index contributed by atoms with van der Waals surface area (Å²) in [5, 5.41) is 4.20. The normalized spacial score (nSPS) is 17.5. The predicted octanol–water partition coefficient (Wildman–Crippen LogP) is 3.20. The third-order valence-electron chi connectivity index (χ3n) is 6.44. The number of benzene rings is 1. The first kappa shape index (κ1) is 23.6. The molecule has 3 aromatic rings. The second kappa shape index (κ2) is 10.2. The zero-order valence-electron chi connectivity index (χ0n) is 20.1. The molecule has 0 aliphatic carbocycles. The molecule has 1 aliphatic heterocycles. The number of aromatic nitrogens is 3. The molecule has 0 spiro atoms. The van der Waals surface area contributed by atoms with Gasteiger partial charge in [0.2, 0.25) is 11.9 Å². The van der Waals surface area contributed by atoms with Gasteiger partial charge in [0, 0.05) is 56.4 Å². The van der Waals surface area contributed by atoms with Gasteiger partial charge in [-0.15, -0.1) is 0 Å². The van der Waals surface area contributed by atoms with Crippen LogP contribution in [0.4, 0.5) is 5.95 Å². The molecule has 0 unspecified atom stereocenters. The second-order valence-corrected chi connectivity index (χ2v) is 8.82. The van der Waals surface area contributed by atoms with E-state index >= 15 is 0 Å². The van der Waals surface area contributed by atoms with Crippen molar-refractivity contribution in [3.8, 4) is 0 Å². The summed E-state index contributed by atoms with van der Waals surface area (Å²) < 4.78 is 1.65. The molecule has 1 amide bonds. The number of rotatable bonds is 7. The molecule has 1 aliphatic rings. The Kier molecular flexibility index (Phi) is 7.07. The summed E-state index contributed by atoms with van der Waals surface area (Å²) >= 11 is 0. The number of carbonyl (C=O) groups is 1. The molecule has 2 atom stereocenters. The molecular formula is C26H32N6O2. The van der Waals surface area contributed by atoms with Crippen LogP contribution in [0.15, 0.2) is 60.0 Å². The zero-order chi connectivity index (χ0) is 24.2. The van der Waals surface area contributed by atoms with Crippen LogP contribution < -0.4 is 10.9 Å². The van der Waals surface area contributed by atoms with Crippen molar-refractivity contribution in [2.24, 2.45) is 0 Å². The van der Waals surface area contributed by atoms with Gasteiger partial charge in [-0.25, -0.2) is 4.98 Å². The van der Waals surface area contributed by atoms with Crippen molar-refractivity contribution in [3.05, 3.63) is 76.7 Å². The lowest BCUT2D eigenvalue weighted by molar-refractivity contribution is -0.130. The third kappa shape index (κ3) is 5.02. The Morgan fingerprint density at radius 2 is 2.00 bits per heavy atom. The molecule has 1 N–H and O–H groups in total. The third-order valence-corrected chi connectivity index (χ3v) is 6.44. The highest BCUT2D eigenvalue weighted by atomic mass is 16.2. The minimum absolute atomic E-state index is 0.00509. The van der Waals surface area contributed by atoms with Gasteiger partial charge in [-0.3, -0.25) is 19.1 Å². The number of anilines is 1. The van der Waals surface area contributed by atoms with Crippen molar-refractivity contribution < 1.29 is 4.79 Å². The summed E-state index contributed by atoms with van der Waals surface area (Å²) in [6.45, 7) is 13.5. The Bertz CT molecular complexity index is 1240. The first-order chi connectivity index (χ1) is 16.4. The van der Waals surface area contributed by atoms with E-state index in [2.05, 4.69) is 64.9 Å². The Labute approximate surface area is 199 Å². The second-order valence-electron chi connectivity index (χ2n) is 8.82. The van der Waals surface area contributed by atoms with Gasteiger partial charge in [-0.2, -0.15) is 4.98 Å². The largest absolute Gasteiger partial charge is 0.348 e. The maximum Gasteiger partial charge on any atom is 0.252 e. The first-order valence-corrected chi connectivity index (χ1v) is 11.8. The van der Waals surface area contributed by atoms with Crippen molar-refractivity contribution >= 4 is 22.9 Å². The number of amides is 1. The molecule has 1 saturated heterocycles. The molecule has 3 heterocycles. The Hall–Kier alpha value is -3.52. The minimum Gasteiger partial charge on any atom is -0.348 e. The number of piperazine rings is 1. The summed E-state index contributed by atoms with van der Waals surface area (Å²) in [5.74, 6) is 0.504. The summed E-state index contributed by atoms with van der Waals surface area (Å²) in [6, 6.07) is 12.0. The fourth-order valence-electron chi connectivity index (χ4n) is 4.51. The Balaban J connectivity index is 1.40. The van der Waals surface area contributed by atoms with Crippen LogP contribution >= 0.6 is 0 Å². The van der Waals surface area contributed by atoms with Crippen molar-refractivity contribution in [2.45, 2.75) is 45.9 Å². The van der Waals surface area contributed by atoms with E-state index in [1.165, 1.54) is 11.6 Å². The van der Waals surface area contributed by atoms with E-state index in [0.29, 0.717) is 18.1 Å². The number of nitrogens with one attached hydrogen (secondary N) is 1. The van der Waals surface area contributed by atoms with Gasteiger partial charge in [0.05, 0.1) is 6.04 Å². The van der Waals surface area contributed by atoms with E-state index in [4.69, 9.17) is 0 Å². The minimum atomic E-state index is -0.0635. The standard InChI is InChI=1S/C26H32N6O2/c1-5-23(33)32-14-13-30(16-18(32)3)17-20-7-9-21(10-8-20)19(4)28-26-27-15-22-11-12-24(34)31(6-2)25(22)29-26/h5,7-12,15,18-19H,1,6,13-14,16-17H2,2-4H3,(H,27,28,29)/t18-,19-/m0/s1. The van der Waals surface area contributed by atoms with Crippen molar-refractivity contribution in [1.82, 2.24) is 24.3 Å².